The Hall–Kier alpha value is -2.17. The number of aromatic amines is 1. The van der Waals surface area contributed by atoms with Gasteiger partial charge in [0.25, 0.3) is 5.56 Å². The van der Waals surface area contributed by atoms with Gasteiger partial charge >= 0.3 is 0 Å². The molecular weight excluding hydrogens is 182 g/mol. The van der Waals surface area contributed by atoms with Gasteiger partial charge in [0.05, 0.1) is 5.69 Å². The number of nitrogens with two attached hydrogens (primary N) is 1. The van der Waals surface area contributed by atoms with Crippen LogP contribution in [0.3, 0.4) is 0 Å². The Morgan fingerprint density at radius 3 is 2.79 bits per heavy atom. The minimum absolute atomic E-state index is 0.0996. The Morgan fingerprint density at radius 1 is 1.43 bits per heavy atom. The summed E-state index contributed by atoms with van der Waals surface area (Å²) in [5.74, 6) is 0.0996. The number of hydrogen-bond acceptors (Lipinski definition) is 3. The minimum Gasteiger partial charge on any atom is -0.508 e. The van der Waals surface area contributed by atoms with Crippen molar-refractivity contribution in [3.63, 3.8) is 0 Å². The van der Waals surface area contributed by atoms with Crippen molar-refractivity contribution in [2.24, 2.45) is 0 Å². The molecule has 1 aromatic carbocycles. The number of hydrogen-bond donors (Lipinski definition) is 3. The third kappa shape index (κ3) is 1.24. The zero-order valence-electron chi connectivity index (χ0n) is 7.27. The molecule has 0 spiro atoms. The first kappa shape index (κ1) is 8.43. The highest BCUT2D eigenvalue weighted by molar-refractivity contribution is 5.41. The summed E-state index contributed by atoms with van der Waals surface area (Å²) in [5, 5.41) is 11.9. The van der Waals surface area contributed by atoms with Gasteiger partial charge in [-0.1, -0.05) is 6.07 Å². The number of phenolic OH excluding ortho intramolecular Hbond substituents is 1. The number of benzene rings is 1. The molecule has 0 saturated heterocycles. The van der Waals surface area contributed by atoms with Crippen LogP contribution in [0.15, 0.2) is 35.3 Å². The van der Waals surface area contributed by atoms with E-state index in [1.165, 1.54) is 23.0 Å². The summed E-state index contributed by atoms with van der Waals surface area (Å²) in [4.78, 5) is 11.4. The van der Waals surface area contributed by atoms with Crippen molar-refractivity contribution in [1.29, 1.82) is 0 Å². The monoisotopic (exact) mass is 191 g/mol. The topological polar surface area (TPSA) is 84.0 Å². The van der Waals surface area contributed by atoms with Crippen molar-refractivity contribution in [3.05, 3.63) is 40.8 Å². The number of aromatic hydroxyl groups is 1. The number of anilines is 1. The van der Waals surface area contributed by atoms with Crippen molar-refractivity contribution in [2.75, 3.05) is 5.73 Å². The van der Waals surface area contributed by atoms with Crippen LogP contribution in [0.25, 0.3) is 5.69 Å². The SMILES string of the molecule is Nc1c[nH]n(-c2cccc(O)c2)c1=O. The Bertz CT molecular complexity index is 513. The summed E-state index contributed by atoms with van der Waals surface area (Å²) in [7, 11) is 0. The van der Waals surface area contributed by atoms with Gasteiger partial charge in [0.2, 0.25) is 0 Å². The molecule has 5 nitrogen and oxygen atoms in total. The van der Waals surface area contributed by atoms with Crippen molar-refractivity contribution in [3.8, 4) is 11.4 Å². The van der Waals surface area contributed by atoms with E-state index < -0.39 is 0 Å². The number of nitrogen functional groups attached to an aromatic ring is 1. The van der Waals surface area contributed by atoms with Crippen molar-refractivity contribution < 1.29 is 5.11 Å². The van der Waals surface area contributed by atoms with E-state index in [1.807, 2.05) is 0 Å². The van der Waals surface area contributed by atoms with Gasteiger partial charge in [-0.3, -0.25) is 9.89 Å². The van der Waals surface area contributed by atoms with Gasteiger partial charge in [-0.15, -0.1) is 0 Å². The van der Waals surface area contributed by atoms with E-state index >= 15 is 0 Å². The lowest BCUT2D eigenvalue weighted by Crippen LogP contribution is -2.16. The normalized spacial score (nSPS) is 10.3. The Balaban J connectivity index is 2.60. The lowest BCUT2D eigenvalue weighted by molar-refractivity contribution is 0.474. The molecule has 4 N–H and O–H groups in total. The van der Waals surface area contributed by atoms with Crippen LogP contribution in [0.5, 0.6) is 5.75 Å². The largest absolute Gasteiger partial charge is 0.508 e. The van der Waals surface area contributed by atoms with Crippen LogP contribution in [0.1, 0.15) is 0 Å². The summed E-state index contributed by atoms with van der Waals surface area (Å²) < 4.78 is 1.26. The van der Waals surface area contributed by atoms with Crippen LogP contribution in [0, 0.1) is 0 Å². The highest BCUT2D eigenvalue weighted by Crippen LogP contribution is 2.13. The first-order chi connectivity index (χ1) is 6.68. The Kier molecular flexibility index (Phi) is 1.78. The van der Waals surface area contributed by atoms with E-state index in [0.29, 0.717) is 5.69 Å². The number of rotatable bonds is 1. The molecule has 5 heteroatoms. The maximum Gasteiger partial charge on any atom is 0.294 e. The Labute approximate surface area is 79.4 Å². The number of nitrogens with zero attached hydrogens (tertiary/aromatic N) is 1. The summed E-state index contributed by atoms with van der Waals surface area (Å²) in [6.45, 7) is 0. The van der Waals surface area contributed by atoms with Crippen LogP contribution in [-0.2, 0) is 0 Å². The molecule has 0 aliphatic rings. The number of H-pyrrole nitrogens is 1. The minimum atomic E-state index is -0.324. The van der Waals surface area contributed by atoms with Gasteiger partial charge in [0.1, 0.15) is 11.4 Å². The zero-order chi connectivity index (χ0) is 10.1. The average molecular weight is 191 g/mol. The van der Waals surface area contributed by atoms with Crippen LogP contribution in [0.2, 0.25) is 0 Å². The van der Waals surface area contributed by atoms with E-state index in [4.69, 9.17) is 5.73 Å². The number of nitrogens with one attached hydrogen (secondary N) is 1. The first-order valence-electron chi connectivity index (χ1n) is 4.04. The third-order valence-electron chi connectivity index (χ3n) is 1.89. The molecule has 72 valence electrons. The fourth-order valence-corrected chi connectivity index (χ4v) is 1.21. The fourth-order valence-electron chi connectivity index (χ4n) is 1.21. The third-order valence-corrected chi connectivity index (χ3v) is 1.89. The van der Waals surface area contributed by atoms with E-state index in [9.17, 15) is 9.90 Å². The molecule has 14 heavy (non-hydrogen) atoms. The maximum atomic E-state index is 11.4. The van der Waals surface area contributed by atoms with Crippen LogP contribution in [0.4, 0.5) is 5.69 Å². The predicted molar refractivity (Wildman–Crippen MR) is 52.5 cm³/mol. The van der Waals surface area contributed by atoms with Crippen LogP contribution in [-0.4, -0.2) is 14.9 Å². The highest BCUT2D eigenvalue weighted by atomic mass is 16.3. The van der Waals surface area contributed by atoms with Gasteiger partial charge < -0.3 is 10.8 Å². The summed E-state index contributed by atoms with van der Waals surface area (Å²) >= 11 is 0. The van der Waals surface area contributed by atoms with Crippen molar-refractivity contribution in [1.82, 2.24) is 9.78 Å². The molecule has 0 amide bonds. The van der Waals surface area contributed by atoms with E-state index in [-0.39, 0.29) is 17.0 Å². The second-order valence-corrected chi connectivity index (χ2v) is 2.89. The Morgan fingerprint density at radius 2 is 2.21 bits per heavy atom. The van der Waals surface area contributed by atoms with Crippen molar-refractivity contribution >= 4 is 5.69 Å². The van der Waals surface area contributed by atoms with Gasteiger partial charge in [-0.25, -0.2) is 4.68 Å². The molecular formula is C9H9N3O2. The molecule has 0 fully saturated rings. The van der Waals surface area contributed by atoms with E-state index in [0.717, 1.165) is 0 Å². The zero-order valence-corrected chi connectivity index (χ0v) is 7.27. The van der Waals surface area contributed by atoms with Crippen molar-refractivity contribution in [2.45, 2.75) is 0 Å². The number of phenols is 1. The summed E-state index contributed by atoms with van der Waals surface area (Å²) in [5.41, 5.74) is 5.76. The second-order valence-electron chi connectivity index (χ2n) is 2.89. The second kappa shape index (κ2) is 2.95. The standard InChI is InChI=1S/C9H9N3O2/c10-8-5-11-12(9(8)14)6-2-1-3-7(13)4-6/h1-5,11,13H,10H2. The molecule has 1 aromatic heterocycles. The van der Waals surface area contributed by atoms with Gasteiger partial charge in [0, 0.05) is 12.3 Å². The summed E-state index contributed by atoms with van der Waals surface area (Å²) in [6.07, 6.45) is 1.41. The summed E-state index contributed by atoms with van der Waals surface area (Å²) in [6, 6.07) is 6.34. The molecule has 0 bridgehead atoms. The number of aromatic nitrogens is 2. The molecule has 0 aliphatic carbocycles. The molecule has 2 rings (SSSR count). The van der Waals surface area contributed by atoms with Crippen LogP contribution < -0.4 is 11.3 Å². The molecule has 0 unspecified atom stereocenters. The van der Waals surface area contributed by atoms with Gasteiger partial charge in [-0.05, 0) is 12.1 Å². The molecule has 0 saturated carbocycles. The molecule has 0 aliphatic heterocycles. The lowest BCUT2D eigenvalue weighted by Gasteiger charge is -2.00. The van der Waals surface area contributed by atoms with Crippen LogP contribution >= 0.6 is 0 Å². The average Bonchev–Trinajstić information content (AvgIpc) is 2.48. The van der Waals surface area contributed by atoms with Gasteiger partial charge in [-0.2, -0.15) is 0 Å². The molecule has 0 radical (unpaired) electrons. The van der Waals surface area contributed by atoms with E-state index in [2.05, 4.69) is 5.10 Å². The maximum absolute atomic E-state index is 11.4. The first-order valence-corrected chi connectivity index (χ1v) is 4.04. The molecule has 1 heterocycles. The fraction of sp³-hybridized carbons (Fsp3) is 0. The quantitative estimate of drug-likeness (QED) is 0.612. The molecule has 2 aromatic rings. The predicted octanol–water partition coefficient (Wildman–Crippen LogP) is 0.453. The van der Waals surface area contributed by atoms with Gasteiger partial charge in [0.15, 0.2) is 0 Å². The lowest BCUT2D eigenvalue weighted by atomic mass is 10.3. The van der Waals surface area contributed by atoms with E-state index in [1.54, 1.807) is 12.1 Å². The molecule has 0 atom stereocenters. The highest BCUT2D eigenvalue weighted by Gasteiger charge is 2.04. The smallest absolute Gasteiger partial charge is 0.294 e.